The summed E-state index contributed by atoms with van der Waals surface area (Å²) in [6.45, 7) is 0. The van der Waals surface area contributed by atoms with Gasteiger partial charge in [0.1, 0.15) is 5.75 Å². The Morgan fingerprint density at radius 2 is 1.96 bits per heavy atom. The molecule has 3 aromatic rings. The second-order valence-corrected chi connectivity index (χ2v) is 6.94. The van der Waals surface area contributed by atoms with Crippen molar-refractivity contribution in [1.82, 2.24) is 5.01 Å². The smallest absolute Gasteiger partial charge is 0.310 e. The largest absolute Gasteiger partial charge is 0.497 e. The Kier molecular flexibility index (Phi) is 4.81. The van der Waals surface area contributed by atoms with Crippen LogP contribution >= 0.6 is 15.9 Å². The molecular formula is C21H17BrN2O3. The van der Waals surface area contributed by atoms with Crippen molar-refractivity contribution in [3.8, 4) is 5.75 Å². The average molecular weight is 425 g/mol. The summed E-state index contributed by atoms with van der Waals surface area (Å²) in [5.41, 5.74) is 2.83. The topological polar surface area (TPSA) is 55.0 Å². The van der Waals surface area contributed by atoms with Crippen LogP contribution in [-0.2, 0) is 0 Å². The second kappa shape index (κ2) is 7.40. The Balaban J connectivity index is 1.73. The maximum atomic E-state index is 13.0. The number of amides is 1. The summed E-state index contributed by atoms with van der Waals surface area (Å²) in [6, 6.07) is 20.7. The van der Waals surface area contributed by atoms with Crippen molar-refractivity contribution in [1.29, 1.82) is 0 Å². The van der Waals surface area contributed by atoms with E-state index >= 15 is 0 Å². The van der Waals surface area contributed by atoms with Gasteiger partial charge in [0, 0.05) is 6.42 Å². The average Bonchev–Trinajstić information content (AvgIpc) is 3.35. The lowest BCUT2D eigenvalue weighted by Gasteiger charge is -2.21. The molecule has 1 amide bonds. The van der Waals surface area contributed by atoms with E-state index in [0.717, 1.165) is 22.6 Å². The third kappa shape index (κ3) is 3.53. The molecule has 2 heterocycles. The molecule has 27 heavy (non-hydrogen) atoms. The maximum absolute atomic E-state index is 13.0. The Morgan fingerprint density at radius 3 is 2.67 bits per heavy atom. The van der Waals surface area contributed by atoms with Gasteiger partial charge >= 0.3 is 5.91 Å². The highest BCUT2D eigenvalue weighted by molar-refractivity contribution is 9.10. The quantitative estimate of drug-likeness (QED) is 0.589. The van der Waals surface area contributed by atoms with E-state index in [0.29, 0.717) is 11.1 Å². The molecule has 6 heteroatoms. The van der Waals surface area contributed by atoms with Crippen LogP contribution in [0.1, 0.15) is 34.1 Å². The Labute approximate surface area is 165 Å². The van der Waals surface area contributed by atoms with Gasteiger partial charge in [-0.3, -0.25) is 4.79 Å². The van der Waals surface area contributed by atoms with E-state index in [-0.39, 0.29) is 17.7 Å². The summed E-state index contributed by atoms with van der Waals surface area (Å²) in [5.74, 6) is 0.709. The first kappa shape index (κ1) is 17.5. The molecule has 1 atom stereocenters. The first-order valence-electron chi connectivity index (χ1n) is 8.51. The third-order valence-corrected chi connectivity index (χ3v) is 4.91. The number of carbonyl (C=O) groups excluding carboxylic acids is 1. The molecule has 5 nitrogen and oxygen atoms in total. The number of ether oxygens (including phenoxy) is 1. The van der Waals surface area contributed by atoms with Gasteiger partial charge < -0.3 is 9.15 Å². The fourth-order valence-corrected chi connectivity index (χ4v) is 3.46. The molecule has 0 unspecified atom stereocenters. The van der Waals surface area contributed by atoms with E-state index in [2.05, 4.69) is 21.0 Å². The number of hydrogen-bond acceptors (Lipinski definition) is 4. The van der Waals surface area contributed by atoms with E-state index in [1.54, 1.807) is 19.2 Å². The molecule has 0 spiro atoms. The molecule has 0 radical (unpaired) electrons. The van der Waals surface area contributed by atoms with Gasteiger partial charge in [-0.15, -0.1) is 0 Å². The molecule has 0 saturated carbocycles. The highest BCUT2D eigenvalue weighted by Crippen LogP contribution is 2.35. The predicted octanol–water partition coefficient (Wildman–Crippen LogP) is 5.04. The molecule has 1 aliphatic heterocycles. The molecular weight excluding hydrogens is 408 g/mol. The van der Waals surface area contributed by atoms with Crippen LogP contribution in [-0.4, -0.2) is 23.7 Å². The molecule has 4 rings (SSSR count). The molecule has 2 aromatic carbocycles. The molecule has 136 valence electrons. The Bertz CT molecular complexity index is 997. The summed E-state index contributed by atoms with van der Waals surface area (Å²) < 4.78 is 11.3. The zero-order valence-electron chi connectivity index (χ0n) is 14.6. The second-order valence-electron chi connectivity index (χ2n) is 6.16. The zero-order chi connectivity index (χ0) is 18.8. The maximum Gasteiger partial charge on any atom is 0.310 e. The van der Waals surface area contributed by atoms with Crippen LogP contribution in [0.2, 0.25) is 0 Å². The molecule has 1 aromatic heterocycles. The van der Waals surface area contributed by atoms with Crippen LogP contribution in [0.15, 0.2) is 80.9 Å². The number of furan rings is 1. The van der Waals surface area contributed by atoms with E-state index in [1.165, 1.54) is 5.01 Å². The van der Waals surface area contributed by atoms with Gasteiger partial charge in [-0.05, 0) is 51.3 Å². The van der Waals surface area contributed by atoms with Crippen molar-refractivity contribution in [3.63, 3.8) is 0 Å². The van der Waals surface area contributed by atoms with Crippen LogP contribution in [0.3, 0.4) is 0 Å². The minimum Gasteiger partial charge on any atom is -0.497 e. The standard InChI is InChI=1S/C21H17BrN2O3/c1-26-16-9-5-8-15(12-16)18-13-17(14-6-3-2-4-7-14)23-24(18)21(25)19-10-11-20(22)27-19/h2-12,18H,13H2,1H3/t18-/m0/s1. The van der Waals surface area contributed by atoms with Crippen LogP contribution in [0, 0.1) is 0 Å². The van der Waals surface area contributed by atoms with Gasteiger partial charge in [-0.1, -0.05) is 42.5 Å². The summed E-state index contributed by atoms with van der Waals surface area (Å²) in [5, 5.41) is 6.14. The van der Waals surface area contributed by atoms with Crippen molar-refractivity contribution in [2.45, 2.75) is 12.5 Å². The lowest BCUT2D eigenvalue weighted by atomic mass is 9.98. The summed E-state index contributed by atoms with van der Waals surface area (Å²) in [6.07, 6.45) is 0.616. The number of benzene rings is 2. The number of halogens is 1. The number of methoxy groups -OCH3 is 1. The van der Waals surface area contributed by atoms with E-state index in [1.807, 2.05) is 54.6 Å². The normalized spacial score (nSPS) is 16.3. The van der Waals surface area contributed by atoms with Gasteiger partial charge in [-0.2, -0.15) is 5.10 Å². The van der Waals surface area contributed by atoms with Gasteiger partial charge in [0.05, 0.1) is 18.9 Å². The Morgan fingerprint density at radius 1 is 1.15 bits per heavy atom. The predicted molar refractivity (Wildman–Crippen MR) is 106 cm³/mol. The molecule has 0 N–H and O–H groups in total. The molecule has 0 bridgehead atoms. The highest BCUT2D eigenvalue weighted by atomic mass is 79.9. The van der Waals surface area contributed by atoms with Crippen LogP contribution in [0.5, 0.6) is 5.75 Å². The number of hydrazone groups is 1. The zero-order valence-corrected chi connectivity index (χ0v) is 16.2. The van der Waals surface area contributed by atoms with Gasteiger partial charge in [0.15, 0.2) is 10.4 Å². The summed E-state index contributed by atoms with van der Waals surface area (Å²) in [4.78, 5) is 13.0. The minimum atomic E-state index is -0.278. The number of carbonyl (C=O) groups is 1. The highest BCUT2D eigenvalue weighted by Gasteiger charge is 2.35. The molecule has 1 aliphatic rings. The monoisotopic (exact) mass is 424 g/mol. The third-order valence-electron chi connectivity index (χ3n) is 4.49. The molecule has 0 aliphatic carbocycles. The molecule has 0 fully saturated rings. The fourth-order valence-electron chi connectivity index (χ4n) is 3.15. The van der Waals surface area contributed by atoms with E-state index in [4.69, 9.17) is 9.15 Å². The van der Waals surface area contributed by atoms with E-state index in [9.17, 15) is 4.79 Å². The van der Waals surface area contributed by atoms with Crippen LogP contribution in [0.25, 0.3) is 0 Å². The van der Waals surface area contributed by atoms with Crippen molar-refractivity contribution in [2.24, 2.45) is 5.10 Å². The van der Waals surface area contributed by atoms with Gasteiger partial charge in [-0.25, -0.2) is 5.01 Å². The van der Waals surface area contributed by atoms with Crippen LogP contribution < -0.4 is 4.74 Å². The summed E-state index contributed by atoms with van der Waals surface area (Å²) in [7, 11) is 1.63. The number of rotatable bonds is 4. The number of hydrogen-bond donors (Lipinski definition) is 0. The Hall–Kier alpha value is -2.86. The molecule has 0 saturated heterocycles. The van der Waals surface area contributed by atoms with Crippen molar-refractivity contribution < 1.29 is 13.9 Å². The minimum absolute atomic E-state index is 0.230. The SMILES string of the molecule is COc1cccc([C@@H]2CC(c3ccccc3)=NN2C(=O)c2ccc(Br)o2)c1. The number of nitrogens with zero attached hydrogens (tertiary/aromatic N) is 2. The first-order valence-corrected chi connectivity index (χ1v) is 9.31. The van der Waals surface area contributed by atoms with Crippen molar-refractivity contribution >= 4 is 27.5 Å². The van der Waals surface area contributed by atoms with Crippen LogP contribution in [0.4, 0.5) is 0 Å². The first-order chi connectivity index (χ1) is 13.2. The van der Waals surface area contributed by atoms with Crippen molar-refractivity contribution in [2.75, 3.05) is 7.11 Å². The van der Waals surface area contributed by atoms with E-state index < -0.39 is 0 Å². The fraction of sp³-hybridized carbons (Fsp3) is 0.143. The van der Waals surface area contributed by atoms with Crippen molar-refractivity contribution in [3.05, 3.63) is 88.3 Å². The van der Waals surface area contributed by atoms with Gasteiger partial charge in [0.2, 0.25) is 0 Å². The lowest BCUT2D eigenvalue weighted by molar-refractivity contribution is 0.0677. The van der Waals surface area contributed by atoms with Gasteiger partial charge in [0.25, 0.3) is 0 Å². The summed E-state index contributed by atoms with van der Waals surface area (Å²) >= 11 is 3.25. The lowest BCUT2D eigenvalue weighted by Crippen LogP contribution is -2.26.